The Labute approximate surface area is 207 Å². The fourth-order valence-electron chi connectivity index (χ4n) is 3.13. The number of nitrogens with zero attached hydrogens (tertiary/aromatic N) is 2. The van der Waals surface area contributed by atoms with E-state index < -0.39 is 39.4 Å². The van der Waals surface area contributed by atoms with Crippen molar-refractivity contribution in [3.8, 4) is 0 Å². The van der Waals surface area contributed by atoms with Crippen LogP contribution in [-0.2, 0) is 24.5 Å². The van der Waals surface area contributed by atoms with Gasteiger partial charge < -0.3 is 13.0 Å². The first-order valence-corrected chi connectivity index (χ1v) is 16.9. The van der Waals surface area contributed by atoms with Gasteiger partial charge in [-0.05, 0) is 31.0 Å². The van der Waals surface area contributed by atoms with Crippen LogP contribution in [0.25, 0.3) is 4.13 Å². The molecule has 0 aliphatic rings. The van der Waals surface area contributed by atoms with Gasteiger partial charge in [-0.25, -0.2) is 16.8 Å². The number of sulfonamides is 2. The summed E-state index contributed by atoms with van der Waals surface area (Å²) >= 11 is 0. The molecule has 0 spiro atoms. The van der Waals surface area contributed by atoms with Crippen LogP contribution in [0.2, 0.25) is 18.1 Å². The van der Waals surface area contributed by atoms with E-state index in [0.717, 1.165) is 15.2 Å². The third-order valence-corrected chi connectivity index (χ3v) is 13.1. The summed E-state index contributed by atoms with van der Waals surface area (Å²) < 4.78 is 117. The number of alkyl halides is 6. The summed E-state index contributed by atoms with van der Waals surface area (Å²) in [6.45, 7) is 12.8. The quantitative estimate of drug-likeness (QED) is 0.101. The molecule has 16 heteroatoms. The van der Waals surface area contributed by atoms with Gasteiger partial charge in [0.05, 0.1) is 27.2 Å². The first-order chi connectivity index (χ1) is 15.7. The minimum Gasteiger partial charge on any atom is -0.421 e. The summed E-state index contributed by atoms with van der Waals surface area (Å²) in [4.78, 5) is 0. The van der Waals surface area contributed by atoms with Crippen molar-refractivity contribution < 1.29 is 52.1 Å². The molecular weight excluding hydrogens is 542 g/mol. The highest BCUT2D eigenvalue weighted by Gasteiger charge is 2.46. The molecule has 0 heterocycles. The Morgan fingerprint density at radius 3 is 1.46 bits per heavy atom. The number of hydrogen-bond acceptors (Lipinski definition) is 5. The van der Waals surface area contributed by atoms with Crippen molar-refractivity contribution in [1.82, 2.24) is 0 Å². The van der Waals surface area contributed by atoms with E-state index in [-0.39, 0.29) is 0 Å². The van der Waals surface area contributed by atoms with Crippen LogP contribution < -0.4 is 0 Å². The lowest BCUT2D eigenvalue weighted by Gasteiger charge is -2.32. The van der Waals surface area contributed by atoms with Crippen LogP contribution in [0.15, 0.2) is 0 Å². The molecule has 0 aromatic rings. The van der Waals surface area contributed by atoms with E-state index in [0.29, 0.717) is 0 Å². The first kappa shape index (κ1) is 36.7. The van der Waals surface area contributed by atoms with Crippen LogP contribution in [0, 0.1) is 0 Å². The molecule has 0 aliphatic carbocycles. The SMILES string of the molecule is CCCCCC[N+](C)(C)CCCO[Si](CC)(CC)CC.O=S(=O)([N-]S(=O)(=O)C(F)(F)F)C(F)(F)F. The van der Waals surface area contributed by atoms with Gasteiger partial charge in [0.15, 0.2) is 28.4 Å². The van der Waals surface area contributed by atoms with Crippen molar-refractivity contribution in [3.63, 3.8) is 0 Å². The Kier molecular flexibility index (Phi) is 15.8. The third-order valence-electron chi connectivity index (χ3n) is 5.65. The van der Waals surface area contributed by atoms with Crippen LogP contribution in [0.3, 0.4) is 0 Å². The molecule has 7 nitrogen and oxygen atoms in total. The fourth-order valence-corrected chi connectivity index (χ4v) is 7.53. The molecule has 0 rings (SSSR count). The molecule has 0 aliphatic heterocycles. The van der Waals surface area contributed by atoms with Crippen LogP contribution in [0.1, 0.15) is 59.8 Å². The summed E-state index contributed by atoms with van der Waals surface area (Å²) in [5, 5.41) is 0. The molecule has 0 radical (unpaired) electrons. The van der Waals surface area contributed by atoms with E-state index in [4.69, 9.17) is 4.43 Å². The smallest absolute Gasteiger partial charge is 0.421 e. The van der Waals surface area contributed by atoms with Gasteiger partial charge in [-0.1, -0.05) is 40.5 Å². The van der Waals surface area contributed by atoms with Gasteiger partial charge in [-0.15, -0.1) is 0 Å². The standard InChI is InChI=1S/C17H40NOSi.C2F6NO4S2/c1-7-11-12-13-15-18(5,6)16-14-17-19-20(8-2,9-3)10-4;3-1(4,5)14(10,11)9-15(12,13)2(6,7)8/h7-17H2,1-6H3;/q+1;-1. The van der Waals surface area contributed by atoms with Gasteiger partial charge >= 0.3 is 11.0 Å². The Balaban J connectivity index is 0. The third kappa shape index (κ3) is 14.2. The average Bonchev–Trinajstić information content (AvgIpc) is 2.70. The van der Waals surface area contributed by atoms with Crippen LogP contribution in [0.4, 0.5) is 26.3 Å². The average molecular weight is 583 g/mol. The highest BCUT2D eigenvalue weighted by molar-refractivity contribution is 8.13. The van der Waals surface area contributed by atoms with Crippen LogP contribution in [-0.4, -0.2) is 74.4 Å². The minimum atomic E-state index is -6.72. The van der Waals surface area contributed by atoms with E-state index in [1.165, 1.54) is 63.3 Å². The number of quaternary nitrogens is 1. The topological polar surface area (TPSA) is 91.6 Å². The molecule has 214 valence electrons. The van der Waals surface area contributed by atoms with Gasteiger partial charge in [0, 0.05) is 13.0 Å². The molecule has 0 saturated heterocycles. The minimum absolute atomic E-state index is 0.778. The molecule has 0 aromatic carbocycles. The number of halogens is 6. The zero-order chi connectivity index (χ0) is 28.2. The molecular formula is C19H40F6N2O5S2Si. The van der Waals surface area contributed by atoms with Crippen LogP contribution >= 0.6 is 0 Å². The molecule has 0 amide bonds. The molecule has 0 atom stereocenters. The maximum absolute atomic E-state index is 11.4. The normalized spacial score (nSPS) is 13.9. The highest BCUT2D eigenvalue weighted by Crippen LogP contribution is 2.36. The first-order valence-electron chi connectivity index (χ1n) is 11.5. The van der Waals surface area contributed by atoms with E-state index in [1.807, 2.05) is 0 Å². The molecule has 0 saturated carbocycles. The lowest BCUT2D eigenvalue weighted by Crippen LogP contribution is -2.42. The van der Waals surface area contributed by atoms with Gasteiger partial charge in [-0.3, -0.25) is 0 Å². The van der Waals surface area contributed by atoms with Gasteiger partial charge in [0.2, 0.25) is 0 Å². The van der Waals surface area contributed by atoms with Gasteiger partial charge in [-0.2, -0.15) is 26.3 Å². The summed E-state index contributed by atoms with van der Waals surface area (Å²) in [5.74, 6) is 0. The van der Waals surface area contributed by atoms with Gasteiger partial charge in [0.25, 0.3) is 0 Å². The second-order valence-corrected chi connectivity index (χ2v) is 17.0. The lowest BCUT2D eigenvalue weighted by atomic mass is 10.2. The summed E-state index contributed by atoms with van der Waals surface area (Å²) in [6.07, 6.45) is 6.71. The Morgan fingerprint density at radius 2 is 1.11 bits per heavy atom. The number of rotatable bonds is 15. The van der Waals surface area contributed by atoms with Crippen molar-refractivity contribution in [2.24, 2.45) is 0 Å². The lowest BCUT2D eigenvalue weighted by molar-refractivity contribution is -0.890. The fraction of sp³-hybridized carbons (Fsp3) is 1.00. The monoisotopic (exact) mass is 582 g/mol. The van der Waals surface area contributed by atoms with Crippen LogP contribution in [0.5, 0.6) is 0 Å². The molecule has 0 unspecified atom stereocenters. The maximum atomic E-state index is 11.4. The second kappa shape index (κ2) is 15.1. The molecule has 35 heavy (non-hydrogen) atoms. The summed E-state index contributed by atoms with van der Waals surface area (Å²) in [5.41, 5.74) is -12.4. The van der Waals surface area contributed by atoms with Crippen molar-refractivity contribution in [1.29, 1.82) is 0 Å². The van der Waals surface area contributed by atoms with E-state index in [9.17, 15) is 43.2 Å². The maximum Gasteiger partial charge on any atom is 0.480 e. The number of hydrogen-bond donors (Lipinski definition) is 0. The molecule has 0 N–H and O–H groups in total. The van der Waals surface area contributed by atoms with Gasteiger partial charge in [0.1, 0.15) is 0 Å². The summed E-state index contributed by atoms with van der Waals surface area (Å²) in [7, 11) is -10.1. The van der Waals surface area contributed by atoms with Crippen molar-refractivity contribution >= 4 is 28.4 Å². The van der Waals surface area contributed by atoms with E-state index >= 15 is 0 Å². The predicted octanol–water partition coefficient (Wildman–Crippen LogP) is 6.11. The zero-order valence-electron chi connectivity index (χ0n) is 21.3. The summed E-state index contributed by atoms with van der Waals surface area (Å²) in [6, 6.07) is 3.82. The number of unbranched alkanes of at least 4 members (excludes halogenated alkanes) is 3. The Hall–Kier alpha value is -0.423. The van der Waals surface area contributed by atoms with E-state index in [1.54, 1.807) is 0 Å². The highest BCUT2D eigenvalue weighted by atomic mass is 32.3. The molecule has 0 aromatic heterocycles. The van der Waals surface area contributed by atoms with Crippen molar-refractivity contribution in [2.45, 2.75) is 88.9 Å². The van der Waals surface area contributed by atoms with E-state index in [2.05, 4.69) is 41.8 Å². The molecule has 0 bridgehead atoms. The Bertz CT molecular complexity index is 749. The molecule has 0 fully saturated rings. The second-order valence-electron chi connectivity index (χ2n) is 8.81. The Morgan fingerprint density at radius 1 is 0.714 bits per heavy atom. The predicted molar refractivity (Wildman–Crippen MR) is 127 cm³/mol. The van der Waals surface area contributed by atoms with Crippen molar-refractivity contribution in [2.75, 3.05) is 33.8 Å². The van der Waals surface area contributed by atoms with Crippen molar-refractivity contribution in [3.05, 3.63) is 4.13 Å². The largest absolute Gasteiger partial charge is 0.480 e. The zero-order valence-corrected chi connectivity index (χ0v) is 23.9.